The number of anilines is 1. The van der Waals surface area contributed by atoms with Crippen molar-refractivity contribution in [1.29, 1.82) is 0 Å². The van der Waals surface area contributed by atoms with Crippen molar-refractivity contribution in [3.63, 3.8) is 0 Å². The van der Waals surface area contributed by atoms with E-state index in [0.717, 1.165) is 16.8 Å². The van der Waals surface area contributed by atoms with E-state index in [1.165, 1.54) is 18.5 Å². The Morgan fingerprint density at radius 2 is 1.91 bits per heavy atom. The zero-order valence-corrected chi connectivity index (χ0v) is 14.7. The van der Waals surface area contributed by atoms with E-state index in [9.17, 15) is 9.59 Å². The third-order valence-corrected chi connectivity index (χ3v) is 4.20. The Hall–Kier alpha value is -1.60. The molecule has 0 bridgehead atoms. The summed E-state index contributed by atoms with van der Waals surface area (Å²) in [7, 11) is 2.50. The number of hydrogen-bond donors (Lipinski definition) is 1. The van der Waals surface area contributed by atoms with Crippen molar-refractivity contribution in [2.75, 3.05) is 18.5 Å². The van der Waals surface area contributed by atoms with E-state index in [-0.39, 0.29) is 11.4 Å². The summed E-state index contributed by atoms with van der Waals surface area (Å²) in [5.74, 6) is -2.06. The van der Waals surface area contributed by atoms with Gasteiger partial charge in [0.1, 0.15) is 10.9 Å². The van der Waals surface area contributed by atoms with Crippen LogP contribution >= 0.6 is 25.0 Å². The van der Waals surface area contributed by atoms with Gasteiger partial charge in [0.25, 0.3) is 0 Å². The number of thiol groups is 1. The first-order chi connectivity index (χ1) is 10.3. The number of benzene rings is 1. The Labute approximate surface area is 141 Å². The van der Waals surface area contributed by atoms with Crippen molar-refractivity contribution >= 4 is 47.6 Å². The van der Waals surface area contributed by atoms with E-state index in [1.807, 2.05) is 32.0 Å². The standard InChI is InChI=1S/C15H19NO4S2/c1-9-5-6-12(10(2)7-9)16(22)14(21)11(15(18)20-4)8-13(17)19-3/h5-7,11,22H,8H2,1-4H3. The summed E-state index contributed by atoms with van der Waals surface area (Å²) >= 11 is 9.70. The Balaban J connectivity index is 3.06. The van der Waals surface area contributed by atoms with Gasteiger partial charge in [-0.15, -0.1) is 0 Å². The molecule has 1 aromatic carbocycles. The molecule has 0 heterocycles. The first-order valence-electron chi connectivity index (χ1n) is 6.56. The zero-order chi connectivity index (χ0) is 16.9. The Morgan fingerprint density at radius 3 is 2.41 bits per heavy atom. The topological polar surface area (TPSA) is 55.8 Å². The third-order valence-electron chi connectivity index (χ3n) is 3.17. The maximum Gasteiger partial charge on any atom is 0.316 e. The molecule has 0 amide bonds. The molecular formula is C15H19NO4S2. The van der Waals surface area contributed by atoms with Gasteiger partial charge in [-0.2, -0.15) is 0 Å². The number of rotatable bonds is 5. The molecule has 22 heavy (non-hydrogen) atoms. The second-order valence-electron chi connectivity index (χ2n) is 4.80. The normalized spacial score (nSPS) is 11.5. The van der Waals surface area contributed by atoms with Gasteiger partial charge in [-0.25, -0.2) is 0 Å². The smallest absolute Gasteiger partial charge is 0.316 e. The fourth-order valence-corrected chi connectivity index (χ4v) is 2.61. The molecule has 0 aliphatic heterocycles. The number of carbonyl (C=O) groups is 2. The molecule has 120 valence electrons. The van der Waals surface area contributed by atoms with Crippen molar-refractivity contribution < 1.29 is 19.1 Å². The largest absolute Gasteiger partial charge is 0.469 e. The second-order valence-corrected chi connectivity index (χ2v) is 5.61. The van der Waals surface area contributed by atoms with Crippen molar-refractivity contribution in [2.45, 2.75) is 20.3 Å². The number of nitrogens with zero attached hydrogens (tertiary/aromatic N) is 1. The molecular weight excluding hydrogens is 322 g/mol. The van der Waals surface area contributed by atoms with Gasteiger partial charge in [-0.3, -0.25) is 13.9 Å². The molecule has 7 heteroatoms. The fraction of sp³-hybridized carbons (Fsp3) is 0.400. The molecule has 1 unspecified atom stereocenters. The predicted octanol–water partition coefficient (Wildman–Crippen LogP) is 2.63. The summed E-state index contributed by atoms with van der Waals surface area (Å²) in [5.41, 5.74) is 2.81. The van der Waals surface area contributed by atoms with E-state index < -0.39 is 17.9 Å². The van der Waals surface area contributed by atoms with Crippen LogP contribution in [0, 0.1) is 19.8 Å². The highest BCUT2D eigenvalue weighted by Crippen LogP contribution is 2.26. The summed E-state index contributed by atoms with van der Waals surface area (Å²) in [6, 6.07) is 5.76. The van der Waals surface area contributed by atoms with Gasteiger partial charge in [0.2, 0.25) is 0 Å². The van der Waals surface area contributed by atoms with Gasteiger partial charge in [0.15, 0.2) is 0 Å². The summed E-state index contributed by atoms with van der Waals surface area (Å²) < 4.78 is 10.7. The quantitative estimate of drug-likeness (QED) is 0.505. The average Bonchev–Trinajstić information content (AvgIpc) is 2.50. The SMILES string of the molecule is COC(=O)CC(C(=O)OC)C(=S)N(S)c1ccc(C)cc1C. The number of ether oxygens (including phenoxy) is 2. The molecule has 0 N–H and O–H groups in total. The highest BCUT2D eigenvalue weighted by Gasteiger charge is 2.31. The minimum Gasteiger partial charge on any atom is -0.469 e. The highest BCUT2D eigenvalue weighted by atomic mass is 32.1. The molecule has 0 fully saturated rings. The number of hydrogen-bond acceptors (Lipinski definition) is 6. The lowest BCUT2D eigenvalue weighted by Gasteiger charge is -2.25. The van der Waals surface area contributed by atoms with Gasteiger partial charge < -0.3 is 9.47 Å². The van der Waals surface area contributed by atoms with Crippen molar-refractivity contribution in [1.82, 2.24) is 0 Å². The van der Waals surface area contributed by atoms with Crippen LogP contribution in [-0.2, 0) is 19.1 Å². The second kappa shape index (κ2) is 8.14. The van der Waals surface area contributed by atoms with Crippen LogP contribution < -0.4 is 4.31 Å². The van der Waals surface area contributed by atoms with Crippen LogP contribution in [-0.4, -0.2) is 31.1 Å². The van der Waals surface area contributed by atoms with Gasteiger partial charge in [-0.05, 0) is 25.5 Å². The highest BCUT2D eigenvalue weighted by molar-refractivity contribution is 7.87. The van der Waals surface area contributed by atoms with Crippen LogP contribution in [0.2, 0.25) is 0 Å². The number of esters is 2. The molecule has 0 spiro atoms. The molecule has 1 rings (SSSR count). The summed E-state index contributed by atoms with van der Waals surface area (Å²) in [5, 5.41) is 0. The number of aryl methyl sites for hydroxylation is 2. The lowest BCUT2D eigenvalue weighted by atomic mass is 10.0. The van der Waals surface area contributed by atoms with Crippen LogP contribution in [0.15, 0.2) is 18.2 Å². The van der Waals surface area contributed by atoms with Gasteiger partial charge in [0, 0.05) is 0 Å². The van der Waals surface area contributed by atoms with Crippen LogP contribution in [0.5, 0.6) is 0 Å². The Morgan fingerprint density at radius 1 is 1.27 bits per heavy atom. The number of methoxy groups -OCH3 is 2. The van der Waals surface area contributed by atoms with E-state index in [1.54, 1.807) is 0 Å². The summed E-state index contributed by atoms with van der Waals surface area (Å²) in [6.07, 6.45) is -0.191. The van der Waals surface area contributed by atoms with Crippen LogP contribution in [0.4, 0.5) is 5.69 Å². The van der Waals surface area contributed by atoms with E-state index in [0.29, 0.717) is 0 Å². The third kappa shape index (κ3) is 4.45. The van der Waals surface area contributed by atoms with Crippen molar-refractivity contribution in [3.05, 3.63) is 29.3 Å². The molecule has 0 aromatic heterocycles. The molecule has 5 nitrogen and oxygen atoms in total. The number of carbonyl (C=O) groups excluding carboxylic acids is 2. The summed E-state index contributed by atoms with van der Waals surface area (Å²) in [4.78, 5) is 23.6. The average molecular weight is 341 g/mol. The Kier molecular flexibility index (Phi) is 6.83. The fourth-order valence-electron chi connectivity index (χ4n) is 1.97. The molecule has 0 saturated carbocycles. The molecule has 0 saturated heterocycles. The van der Waals surface area contributed by atoms with Crippen LogP contribution in [0.1, 0.15) is 17.5 Å². The van der Waals surface area contributed by atoms with Crippen LogP contribution in [0.25, 0.3) is 0 Å². The lowest BCUT2D eigenvalue weighted by Crippen LogP contribution is -2.35. The molecule has 0 aliphatic carbocycles. The monoisotopic (exact) mass is 341 g/mol. The number of thiocarbonyl (C=S) groups is 1. The van der Waals surface area contributed by atoms with Gasteiger partial charge in [-0.1, -0.05) is 42.7 Å². The van der Waals surface area contributed by atoms with E-state index in [2.05, 4.69) is 17.6 Å². The first kappa shape index (κ1) is 18.4. The van der Waals surface area contributed by atoms with E-state index >= 15 is 0 Å². The molecule has 1 atom stereocenters. The molecule has 0 aliphatic rings. The maximum absolute atomic E-state index is 11.9. The summed E-state index contributed by atoms with van der Waals surface area (Å²) in [6.45, 7) is 3.90. The van der Waals surface area contributed by atoms with Gasteiger partial charge in [0.05, 0.1) is 26.3 Å². The maximum atomic E-state index is 11.9. The van der Waals surface area contributed by atoms with Crippen molar-refractivity contribution in [2.24, 2.45) is 5.92 Å². The zero-order valence-electron chi connectivity index (χ0n) is 13.0. The minimum atomic E-state index is -0.925. The van der Waals surface area contributed by atoms with E-state index in [4.69, 9.17) is 17.0 Å². The predicted molar refractivity (Wildman–Crippen MR) is 92.1 cm³/mol. The Bertz CT molecular complexity index is 589. The first-order valence-corrected chi connectivity index (χ1v) is 7.37. The molecule has 1 aromatic rings. The lowest BCUT2D eigenvalue weighted by molar-refractivity contribution is -0.149. The molecule has 0 radical (unpaired) electrons. The minimum absolute atomic E-state index is 0.188. The van der Waals surface area contributed by atoms with Crippen molar-refractivity contribution in [3.8, 4) is 0 Å². The van der Waals surface area contributed by atoms with Crippen LogP contribution in [0.3, 0.4) is 0 Å². The van der Waals surface area contributed by atoms with Gasteiger partial charge >= 0.3 is 11.9 Å².